The molecule has 1 aromatic rings. The molecule has 0 spiro atoms. The van der Waals surface area contributed by atoms with Gasteiger partial charge in [0.05, 0.1) is 5.69 Å². The number of hydrogen-bond donors (Lipinski definition) is 1. The van der Waals surface area contributed by atoms with Crippen LogP contribution in [0.2, 0.25) is 0 Å². The lowest BCUT2D eigenvalue weighted by molar-refractivity contribution is 0.845. The molecule has 3 heteroatoms. The Balaban J connectivity index is 3.35. The van der Waals surface area contributed by atoms with Crippen molar-refractivity contribution < 1.29 is 0 Å². The molecule has 1 rings (SSSR count). The van der Waals surface area contributed by atoms with Crippen LogP contribution in [-0.2, 0) is 7.05 Å². The van der Waals surface area contributed by atoms with E-state index in [0.717, 1.165) is 11.3 Å². The summed E-state index contributed by atoms with van der Waals surface area (Å²) in [6, 6.07) is 3.28. The highest BCUT2D eigenvalue weighted by Gasteiger charge is 2.00. The van der Waals surface area contributed by atoms with Gasteiger partial charge in [0, 0.05) is 19.7 Å². The first-order valence-electron chi connectivity index (χ1n) is 4.39. The molecule has 3 nitrogen and oxygen atoms in total. The molecule has 0 saturated heterocycles. The maximum atomic E-state index is 11.3. The smallest absolute Gasteiger partial charge is 0.250 e. The summed E-state index contributed by atoms with van der Waals surface area (Å²) >= 11 is 0. The first kappa shape index (κ1) is 10.5. The van der Waals surface area contributed by atoms with Crippen molar-refractivity contribution in [2.24, 2.45) is 12.8 Å². The summed E-state index contributed by atoms with van der Waals surface area (Å²) in [5, 5.41) is 0. The summed E-state index contributed by atoms with van der Waals surface area (Å²) in [7, 11) is 1.73. The van der Waals surface area contributed by atoms with Gasteiger partial charge in [-0.2, -0.15) is 0 Å². The molecular formula is C11H14N2O. The normalized spacial score (nSPS) is 10.7. The Morgan fingerprint density at radius 1 is 1.57 bits per heavy atom. The van der Waals surface area contributed by atoms with Gasteiger partial charge < -0.3 is 10.3 Å². The van der Waals surface area contributed by atoms with Crippen molar-refractivity contribution in [2.75, 3.05) is 6.54 Å². The zero-order chi connectivity index (χ0) is 10.6. The summed E-state index contributed by atoms with van der Waals surface area (Å²) in [6.07, 6.45) is 5.36. The van der Waals surface area contributed by atoms with Gasteiger partial charge in [-0.15, -0.1) is 0 Å². The zero-order valence-electron chi connectivity index (χ0n) is 8.23. The van der Waals surface area contributed by atoms with Crippen LogP contribution in [0.15, 0.2) is 29.6 Å². The van der Waals surface area contributed by atoms with Crippen molar-refractivity contribution >= 4 is 12.2 Å². The molecule has 0 unspecified atom stereocenters. The Morgan fingerprint density at radius 3 is 2.86 bits per heavy atom. The molecule has 0 atom stereocenters. The molecule has 74 valence electrons. The predicted molar refractivity (Wildman–Crippen MR) is 59.9 cm³/mol. The highest BCUT2D eigenvalue weighted by molar-refractivity contribution is 5.61. The maximum Gasteiger partial charge on any atom is 0.250 e. The van der Waals surface area contributed by atoms with E-state index in [9.17, 15) is 4.79 Å². The van der Waals surface area contributed by atoms with Crippen LogP contribution in [0, 0.1) is 0 Å². The van der Waals surface area contributed by atoms with E-state index in [1.807, 2.05) is 12.2 Å². The monoisotopic (exact) mass is 190 g/mol. The number of pyridine rings is 1. The Kier molecular flexibility index (Phi) is 3.42. The number of nitrogens with two attached hydrogens (primary N) is 1. The molecule has 0 radical (unpaired) electrons. The van der Waals surface area contributed by atoms with E-state index in [0.29, 0.717) is 6.54 Å². The van der Waals surface area contributed by atoms with E-state index in [4.69, 9.17) is 5.73 Å². The van der Waals surface area contributed by atoms with Crippen molar-refractivity contribution in [3.8, 4) is 0 Å². The molecule has 0 aliphatic heterocycles. The minimum Gasteiger partial charge on any atom is -0.327 e. The molecule has 0 bridgehead atoms. The van der Waals surface area contributed by atoms with E-state index in [1.165, 1.54) is 6.07 Å². The van der Waals surface area contributed by atoms with E-state index in [2.05, 4.69) is 6.58 Å². The van der Waals surface area contributed by atoms with Crippen molar-refractivity contribution in [1.82, 2.24) is 4.57 Å². The number of nitrogens with zero attached hydrogens (tertiary/aromatic N) is 1. The van der Waals surface area contributed by atoms with Crippen LogP contribution in [0.3, 0.4) is 0 Å². The van der Waals surface area contributed by atoms with Crippen LogP contribution in [0.25, 0.3) is 12.2 Å². The molecule has 0 fully saturated rings. The van der Waals surface area contributed by atoms with Gasteiger partial charge in [-0.25, -0.2) is 0 Å². The molecule has 2 N–H and O–H groups in total. The fourth-order valence-corrected chi connectivity index (χ4v) is 1.23. The molecule has 14 heavy (non-hydrogen) atoms. The van der Waals surface area contributed by atoms with E-state index >= 15 is 0 Å². The van der Waals surface area contributed by atoms with Crippen molar-refractivity contribution in [3.05, 3.63) is 46.4 Å². The highest BCUT2D eigenvalue weighted by Crippen LogP contribution is 2.08. The van der Waals surface area contributed by atoms with Gasteiger partial charge in [-0.1, -0.05) is 18.7 Å². The first-order valence-corrected chi connectivity index (χ1v) is 4.39. The average molecular weight is 190 g/mol. The summed E-state index contributed by atoms with van der Waals surface area (Å²) in [4.78, 5) is 11.3. The van der Waals surface area contributed by atoms with Crippen molar-refractivity contribution in [1.29, 1.82) is 0 Å². The first-order chi connectivity index (χ1) is 6.70. The molecule has 0 amide bonds. The maximum absolute atomic E-state index is 11.3. The molecule has 0 aromatic carbocycles. The van der Waals surface area contributed by atoms with Crippen LogP contribution in [0.4, 0.5) is 0 Å². The lowest BCUT2D eigenvalue weighted by atomic mass is 10.1. The fourth-order valence-electron chi connectivity index (χ4n) is 1.23. The zero-order valence-corrected chi connectivity index (χ0v) is 8.23. The lowest BCUT2D eigenvalue weighted by Gasteiger charge is -2.06. The predicted octanol–water partition coefficient (Wildman–Crippen LogP) is 1.00. The molecule has 1 aromatic heterocycles. The van der Waals surface area contributed by atoms with E-state index in [1.54, 1.807) is 23.8 Å². The largest absolute Gasteiger partial charge is 0.327 e. The standard InChI is InChI=1S/C11H14N2O/c1-3-9-6-7-11(14)13(2)10(9)5-4-8-12/h3-7H,1,8,12H2,2H3/b5-4-. The van der Waals surface area contributed by atoms with Crippen LogP contribution in [-0.4, -0.2) is 11.1 Å². The van der Waals surface area contributed by atoms with E-state index in [-0.39, 0.29) is 5.56 Å². The molecular weight excluding hydrogens is 176 g/mol. The van der Waals surface area contributed by atoms with Crippen LogP contribution < -0.4 is 11.3 Å². The van der Waals surface area contributed by atoms with Crippen molar-refractivity contribution in [3.63, 3.8) is 0 Å². The van der Waals surface area contributed by atoms with Gasteiger partial charge in [0.2, 0.25) is 0 Å². The van der Waals surface area contributed by atoms with Gasteiger partial charge in [0.15, 0.2) is 0 Å². The number of hydrogen-bond acceptors (Lipinski definition) is 2. The second-order valence-electron chi connectivity index (χ2n) is 2.91. The Hall–Kier alpha value is -1.61. The van der Waals surface area contributed by atoms with Crippen LogP contribution >= 0.6 is 0 Å². The number of aromatic nitrogens is 1. The summed E-state index contributed by atoms with van der Waals surface area (Å²) in [5.74, 6) is 0. The number of rotatable bonds is 3. The summed E-state index contributed by atoms with van der Waals surface area (Å²) in [5.41, 5.74) is 7.08. The van der Waals surface area contributed by atoms with Crippen LogP contribution in [0.5, 0.6) is 0 Å². The SMILES string of the molecule is C=Cc1ccc(=O)n(C)c1/C=C\CN. The third-order valence-electron chi connectivity index (χ3n) is 2.02. The second kappa shape index (κ2) is 4.58. The Bertz CT molecular complexity index is 416. The lowest BCUT2D eigenvalue weighted by Crippen LogP contribution is -2.18. The average Bonchev–Trinajstić information content (AvgIpc) is 2.20. The second-order valence-corrected chi connectivity index (χ2v) is 2.91. The quantitative estimate of drug-likeness (QED) is 0.773. The molecule has 0 aliphatic rings. The third kappa shape index (κ3) is 2.00. The topological polar surface area (TPSA) is 48.0 Å². The van der Waals surface area contributed by atoms with Gasteiger partial charge in [0.25, 0.3) is 5.56 Å². The Morgan fingerprint density at radius 2 is 2.29 bits per heavy atom. The third-order valence-corrected chi connectivity index (χ3v) is 2.02. The fraction of sp³-hybridized carbons (Fsp3) is 0.182. The molecule has 0 saturated carbocycles. The van der Waals surface area contributed by atoms with Gasteiger partial charge in [0.1, 0.15) is 0 Å². The summed E-state index contributed by atoms with van der Waals surface area (Å²) < 4.78 is 1.57. The van der Waals surface area contributed by atoms with Gasteiger partial charge >= 0.3 is 0 Å². The molecule has 0 aliphatic carbocycles. The van der Waals surface area contributed by atoms with Gasteiger partial charge in [-0.05, 0) is 17.7 Å². The highest BCUT2D eigenvalue weighted by atomic mass is 16.1. The Labute approximate surface area is 83.2 Å². The van der Waals surface area contributed by atoms with Gasteiger partial charge in [-0.3, -0.25) is 4.79 Å². The minimum absolute atomic E-state index is 0.0349. The van der Waals surface area contributed by atoms with E-state index < -0.39 is 0 Å². The van der Waals surface area contributed by atoms with Crippen LogP contribution in [0.1, 0.15) is 11.3 Å². The summed E-state index contributed by atoms with van der Waals surface area (Å²) in [6.45, 7) is 4.15. The molecule has 1 heterocycles. The minimum atomic E-state index is -0.0349. The van der Waals surface area contributed by atoms with Crippen molar-refractivity contribution in [2.45, 2.75) is 0 Å².